The number of anilines is 1. The molecule has 17 heavy (non-hydrogen) atoms. The lowest BCUT2D eigenvalue weighted by atomic mass is 9.92. The number of hydrogen-bond acceptors (Lipinski definition) is 3. The van der Waals surface area contributed by atoms with Gasteiger partial charge in [0.25, 0.3) is 5.56 Å². The van der Waals surface area contributed by atoms with E-state index in [9.17, 15) is 4.79 Å². The molecule has 5 heteroatoms. The molecule has 1 aromatic rings. The Balaban J connectivity index is 2.05. The van der Waals surface area contributed by atoms with Crippen LogP contribution in [0, 0.1) is 9.49 Å². The van der Waals surface area contributed by atoms with Gasteiger partial charge in [-0.2, -0.15) is 0 Å². The van der Waals surface area contributed by atoms with E-state index >= 15 is 0 Å². The molecule has 0 aliphatic carbocycles. The maximum Gasteiger partial charge on any atom is 0.266 e. The van der Waals surface area contributed by atoms with E-state index in [1.807, 2.05) is 0 Å². The van der Waals surface area contributed by atoms with Gasteiger partial charge in [0.15, 0.2) is 0 Å². The summed E-state index contributed by atoms with van der Waals surface area (Å²) in [6.45, 7) is 4.29. The molecule has 0 unspecified atom stereocenters. The van der Waals surface area contributed by atoms with Crippen molar-refractivity contribution < 1.29 is 0 Å². The average molecular weight is 347 g/mol. The molecule has 4 nitrogen and oxygen atoms in total. The predicted octanol–water partition coefficient (Wildman–Crippen LogP) is 2.39. The molecular weight excluding hydrogens is 329 g/mol. The van der Waals surface area contributed by atoms with E-state index in [1.165, 1.54) is 32.0 Å². The molecule has 0 spiro atoms. The molecule has 0 amide bonds. The van der Waals surface area contributed by atoms with Crippen LogP contribution in [0.3, 0.4) is 0 Å². The normalized spacial score (nSPS) is 17.4. The van der Waals surface area contributed by atoms with Crippen molar-refractivity contribution in [2.24, 2.45) is 5.92 Å². The van der Waals surface area contributed by atoms with E-state index in [0.717, 1.165) is 24.8 Å². The largest absolute Gasteiger partial charge is 0.356 e. The van der Waals surface area contributed by atoms with Crippen molar-refractivity contribution in [1.82, 2.24) is 9.97 Å². The highest BCUT2D eigenvalue weighted by Gasteiger charge is 2.21. The van der Waals surface area contributed by atoms with E-state index in [1.54, 1.807) is 0 Å². The van der Waals surface area contributed by atoms with Gasteiger partial charge in [-0.15, -0.1) is 0 Å². The molecule has 1 N–H and O–H groups in total. The van der Waals surface area contributed by atoms with E-state index in [0.29, 0.717) is 3.57 Å². The number of H-pyrrole nitrogens is 1. The van der Waals surface area contributed by atoms with Gasteiger partial charge in [-0.05, 0) is 41.4 Å². The van der Waals surface area contributed by atoms with Gasteiger partial charge in [-0.3, -0.25) is 4.79 Å². The quantitative estimate of drug-likeness (QED) is 0.855. The molecule has 0 bridgehead atoms. The fraction of sp³-hybridized carbons (Fsp3) is 0.667. The van der Waals surface area contributed by atoms with Gasteiger partial charge in [0.1, 0.15) is 9.39 Å². The number of aromatic nitrogens is 2. The van der Waals surface area contributed by atoms with Crippen LogP contribution in [0.2, 0.25) is 0 Å². The lowest BCUT2D eigenvalue weighted by Crippen LogP contribution is -2.36. The van der Waals surface area contributed by atoms with Crippen LogP contribution in [0.5, 0.6) is 0 Å². The van der Waals surface area contributed by atoms with E-state index in [-0.39, 0.29) is 5.56 Å². The van der Waals surface area contributed by atoms with Crippen LogP contribution < -0.4 is 10.5 Å². The topological polar surface area (TPSA) is 49.0 Å². The average Bonchev–Trinajstić information content (AvgIpc) is 2.34. The summed E-state index contributed by atoms with van der Waals surface area (Å²) in [6, 6.07) is 0. The second kappa shape index (κ2) is 5.84. The first-order valence-corrected chi connectivity index (χ1v) is 7.28. The third kappa shape index (κ3) is 3.00. The molecular formula is C12H18IN3O. The standard InChI is InChI=1S/C12H18IN3O/c1-2-3-9-4-6-16(7-5-9)11-10(13)12(17)15-8-14-11/h8-9H,2-7H2,1H3,(H,14,15,17). The van der Waals surface area contributed by atoms with Gasteiger partial charge < -0.3 is 9.88 Å². The van der Waals surface area contributed by atoms with Gasteiger partial charge in [0.2, 0.25) is 0 Å². The Morgan fingerprint density at radius 1 is 1.53 bits per heavy atom. The zero-order chi connectivity index (χ0) is 12.3. The molecule has 2 rings (SSSR count). The number of rotatable bonds is 3. The molecule has 2 heterocycles. The first-order chi connectivity index (χ1) is 8.22. The van der Waals surface area contributed by atoms with Crippen molar-refractivity contribution in [3.63, 3.8) is 0 Å². The number of aromatic amines is 1. The van der Waals surface area contributed by atoms with Crippen molar-refractivity contribution in [3.05, 3.63) is 20.3 Å². The van der Waals surface area contributed by atoms with Crippen molar-refractivity contribution >= 4 is 28.4 Å². The molecule has 1 aromatic heterocycles. The number of halogens is 1. The summed E-state index contributed by atoms with van der Waals surface area (Å²) in [7, 11) is 0. The predicted molar refractivity (Wildman–Crippen MR) is 77.4 cm³/mol. The minimum Gasteiger partial charge on any atom is -0.356 e. The minimum absolute atomic E-state index is 0.0359. The summed E-state index contributed by atoms with van der Waals surface area (Å²) in [5.74, 6) is 1.71. The Bertz CT molecular complexity index is 424. The minimum atomic E-state index is -0.0359. The maximum absolute atomic E-state index is 11.5. The second-order valence-corrected chi connectivity index (χ2v) is 5.67. The van der Waals surface area contributed by atoms with Gasteiger partial charge in [0, 0.05) is 13.1 Å². The van der Waals surface area contributed by atoms with Crippen molar-refractivity contribution in [2.45, 2.75) is 32.6 Å². The summed E-state index contributed by atoms with van der Waals surface area (Å²) >= 11 is 2.08. The fourth-order valence-electron chi connectivity index (χ4n) is 2.44. The monoisotopic (exact) mass is 347 g/mol. The van der Waals surface area contributed by atoms with Gasteiger partial charge in [-0.1, -0.05) is 19.8 Å². The van der Waals surface area contributed by atoms with Crippen LogP contribution in [-0.4, -0.2) is 23.1 Å². The van der Waals surface area contributed by atoms with Gasteiger partial charge >= 0.3 is 0 Å². The molecule has 1 fully saturated rings. The van der Waals surface area contributed by atoms with Crippen LogP contribution in [0.15, 0.2) is 11.1 Å². The van der Waals surface area contributed by atoms with Crippen LogP contribution in [0.4, 0.5) is 5.82 Å². The highest BCUT2D eigenvalue weighted by Crippen LogP contribution is 2.25. The van der Waals surface area contributed by atoms with Gasteiger partial charge in [-0.25, -0.2) is 4.98 Å². The van der Waals surface area contributed by atoms with Crippen LogP contribution in [-0.2, 0) is 0 Å². The third-order valence-corrected chi connectivity index (χ3v) is 4.36. The van der Waals surface area contributed by atoms with E-state index in [2.05, 4.69) is 44.4 Å². The van der Waals surface area contributed by atoms with Crippen molar-refractivity contribution in [3.8, 4) is 0 Å². The number of piperidine rings is 1. The molecule has 1 saturated heterocycles. The lowest BCUT2D eigenvalue weighted by Gasteiger charge is -2.32. The molecule has 1 aliphatic heterocycles. The first kappa shape index (κ1) is 12.9. The molecule has 0 radical (unpaired) electrons. The number of hydrogen-bond donors (Lipinski definition) is 1. The summed E-state index contributed by atoms with van der Waals surface area (Å²) in [5.41, 5.74) is -0.0359. The molecule has 94 valence electrons. The smallest absolute Gasteiger partial charge is 0.266 e. The Morgan fingerprint density at radius 3 is 2.88 bits per heavy atom. The second-order valence-electron chi connectivity index (χ2n) is 4.59. The zero-order valence-corrected chi connectivity index (χ0v) is 12.2. The molecule has 0 atom stereocenters. The van der Waals surface area contributed by atoms with E-state index in [4.69, 9.17) is 0 Å². The molecule has 0 aromatic carbocycles. The van der Waals surface area contributed by atoms with Crippen molar-refractivity contribution in [1.29, 1.82) is 0 Å². The van der Waals surface area contributed by atoms with E-state index < -0.39 is 0 Å². The SMILES string of the molecule is CCCC1CCN(c2nc[nH]c(=O)c2I)CC1. The Morgan fingerprint density at radius 2 is 2.24 bits per heavy atom. The Kier molecular flexibility index (Phi) is 4.42. The van der Waals surface area contributed by atoms with Gasteiger partial charge in [0.05, 0.1) is 6.33 Å². The molecule has 1 aliphatic rings. The summed E-state index contributed by atoms with van der Waals surface area (Å²) in [5, 5.41) is 0. The highest BCUT2D eigenvalue weighted by molar-refractivity contribution is 14.1. The lowest BCUT2D eigenvalue weighted by molar-refractivity contribution is 0.377. The fourth-order valence-corrected chi connectivity index (χ4v) is 3.07. The molecule has 0 saturated carbocycles. The van der Waals surface area contributed by atoms with Crippen molar-refractivity contribution in [2.75, 3.05) is 18.0 Å². The Labute approximate surface area is 115 Å². The highest BCUT2D eigenvalue weighted by atomic mass is 127. The first-order valence-electron chi connectivity index (χ1n) is 6.20. The van der Waals surface area contributed by atoms with Crippen LogP contribution in [0.1, 0.15) is 32.6 Å². The summed E-state index contributed by atoms with van der Waals surface area (Å²) in [6.07, 6.45) is 6.54. The summed E-state index contributed by atoms with van der Waals surface area (Å²) in [4.78, 5) is 20.7. The zero-order valence-electron chi connectivity index (χ0n) is 10.1. The number of nitrogens with zero attached hydrogens (tertiary/aromatic N) is 2. The summed E-state index contributed by atoms with van der Waals surface area (Å²) < 4.78 is 0.707. The number of nitrogens with one attached hydrogen (secondary N) is 1. The maximum atomic E-state index is 11.5. The third-order valence-electron chi connectivity index (χ3n) is 3.39. The van der Waals surface area contributed by atoms with Crippen LogP contribution >= 0.6 is 22.6 Å². The Hall–Kier alpha value is -0.590. The van der Waals surface area contributed by atoms with Crippen LogP contribution in [0.25, 0.3) is 0 Å².